The van der Waals surface area contributed by atoms with Crippen LogP contribution in [0.5, 0.6) is 0 Å². The van der Waals surface area contributed by atoms with Crippen molar-refractivity contribution < 1.29 is 8.78 Å². The third-order valence-corrected chi connectivity index (χ3v) is 5.54. The predicted molar refractivity (Wildman–Crippen MR) is 106 cm³/mol. The molecule has 0 bridgehead atoms. The van der Waals surface area contributed by atoms with Gasteiger partial charge in [-0.2, -0.15) is 5.26 Å². The van der Waals surface area contributed by atoms with Gasteiger partial charge in [0.05, 0.1) is 11.6 Å². The lowest BCUT2D eigenvalue weighted by Gasteiger charge is -2.28. The van der Waals surface area contributed by atoms with Gasteiger partial charge in [0.2, 0.25) is 0 Å². The highest BCUT2D eigenvalue weighted by molar-refractivity contribution is 5.87. The minimum Gasteiger partial charge on any atom is -0.313 e. The van der Waals surface area contributed by atoms with Gasteiger partial charge in [-0.1, -0.05) is 6.42 Å². The largest absolute Gasteiger partial charge is 0.313 e. The number of rotatable bonds is 6. The molecule has 0 N–H and O–H groups in total. The average molecular weight is 379 g/mol. The van der Waals surface area contributed by atoms with E-state index in [2.05, 4.69) is 15.5 Å². The predicted octanol–water partition coefficient (Wildman–Crippen LogP) is 5.35. The lowest BCUT2D eigenvalue weighted by atomic mass is 10.0. The first-order valence-corrected chi connectivity index (χ1v) is 9.84. The number of aromatic nitrogens is 1. The van der Waals surface area contributed by atoms with Crippen molar-refractivity contribution in [2.24, 2.45) is 0 Å². The monoisotopic (exact) mass is 379 g/mol. The van der Waals surface area contributed by atoms with E-state index in [1.165, 1.54) is 29.5 Å². The molecule has 0 atom stereocenters. The van der Waals surface area contributed by atoms with Crippen molar-refractivity contribution in [1.29, 1.82) is 5.26 Å². The summed E-state index contributed by atoms with van der Waals surface area (Å²) in [6.07, 6.45) is 4.57. The maximum atomic E-state index is 14.0. The number of fused-ring (bicyclic) bond motifs is 3. The van der Waals surface area contributed by atoms with Crippen LogP contribution in [0.25, 0.3) is 16.6 Å². The van der Waals surface area contributed by atoms with Crippen molar-refractivity contribution in [2.75, 3.05) is 13.1 Å². The fourth-order valence-corrected chi connectivity index (χ4v) is 4.18. The number of nitrogens with zero attached hydrogens (tertiary/aromatic N) is 3. The van der Waals surface area contributed by atoms with E-state index in [-0.39, 0.29) is 11.6 Å². The molecule has 1 aliphatic heterocycles. The van der Waals surface area contributed by atoms with Crippen molar-refractivity contribution in [1.82, 2.24) is 9.47 Å². The first-order valence-electron chi connectivity index (χ1n) is 9.84. The molecule has 3 aromatic rings. The zero-order chi connectivity index (χ0) is 19.5. The maximum Gasteiger partial charge on any atom is 0.123 e. The van der Waals surface area contributed by atoms with Gasteiger partial charge in [0, 0.05) is 42.7 Å². The summed E-state index contributed by atoms with van der Waals surface area (Å²) < 4.78 is 29.5. The molecule has 144 valence electrons. The molecule has 0 aliphatic carbocycles. The van der Waals surface area contributed by atoms with Gasteiger partial charge in [0.15, 0.2) is 0 Å². The highest BCUT2D eigenvalue weighted by Gasteiger charge is 2.24. The Labute approximate surface area is 163 Å². The summed E-state index contributed by atoms with van der Waals surface area (Å²) in [4.78, 5) is 2.41. The molecular formula is C23H23F2N3. The van der Waals surface area contributed by atoms with Crippen LogP contribution in [0, 0.1) is 23.0 Å². The fourth-order valence-electron chi connectivity index (χ4n) is 4.18. The molecule has 2 aromatic carbocycles. The molecule has 0 saturated carbocycles. The Kier molecular flexibility index (Phi) is 5.40. The molecule has 2 heterocycles. The van der Waals surface area contributed by atoms with Crippen LogP contribution >= 0.6 is 0 Å². The lowest BCUT2D eigenvalue weighted by Crippen LogP contribution is -2.31. The highest BCUT2D eigenvalue weighted by atomic mass is 19.1. The number of hydrogen-bond donors (Lipinski definition) is 0. The van der Waals surface area contributed by atoms with Crippen LogP contribution in [0.1, 0.15) is 36.9 Å². The van der Waals surface area contributed by atoms with E-state index in [0.29, 0.717) is 6.42 Å². The van der Waals surface area contributed by atoms with Crippen LogP contribution in [-0.2, 0) is 13.0 Å². The van der Waals surface area contributed by atoms with Crippen molar-refractivity contribution in [3.05, 3.63) is 65.4 Å². The van der Waals surface area contributed by atoms with Crippen molar-refractivity contribution in [3.8, 4) is 11.8 Å². The molecule has 0 spiro atoms. The molecule has 0 unspecified atom stereocenters. The third-order valence-electron chi connectivity index (χ3n) is 5.54. The fraction of sp³-hybridized carbons (Fsp3) is 0.348. The molecule has 1 aromatic heterocycles. The van der Waals surface area contributed by atoms with Gasteiger partial charge in [-0.05, 0) is 67.4 Å². The van der Waals surface area contributed by atoms with E-state index in [4.69, 9.17) is 5.26 Å². The summed E-state index contributed by atoms with van der Waals surface area (Å²) in [7, 11) is 0. The average Bonchev–Trinajstić information content (AvgIpc) is 3.01. The van der Waals surface area contributed by atoms with Crippen LogP contribution in [0.15, 0.2) is 42.5 Å². The molecular weight excluding hydrogens is 356 g/mol. The Morgan fingerprint density at radius 3 is 2.54 bits per heavy atom. The Morgan fingerprint density at radius 1 is 0.964 bits per heavy atom. The molecule has 0 fully saturated rings. The smallest absolute Gasteiger partial charge is 0.123 e. The minimum absolute atomic E-state index is 0.236. The summed E-state index contributed by atoms with van der Waals surface area (Å²) in [5.41, 5.74) is 4.23. The summed E-state index contributed by atoms with van der Waals surface area (Å²) in [6.45, 7) is 2.73. The second kappa shape index (κ2) is 8.12. The van der Waals surface area contributed by atoms with Crippen LogP contribution in [0.2, 0.25) is 0 Å². The molecule has 4 rings (SSSR count). The van der Waals surface area contributed by atoms with E-state index in [0.717, 1.165) is 61.9 Å². The Balaban J connectivity index is 1.65. The summed E-state index contributed by atoms with van der Waals surface area (Å²) in [5.74, 6) is -0.497. The number of benzene rings is 2. The van der Waals surface area contributed by atoms with Gasteiger partial charge in [-0.15, -0.1) is 0 Å². The third kappa shape index (κ3) is 3.65. The van der Waals surface area contributed by atoms with Gasteiger partial charge >= 0.3 is 0 Å². The van der Waals surface area contributed by atoms with Gasteiger partial charge in [-0.3, -0.25) is 4.90 Å². The van der Waals surface area contributed by atoms with Crippen LogP contribution in [0.4, 0.5) is 8.78 Å². The van der Waals surface area contributed by atoms with Crippen molar-refractivity contribution in [2.45, 2.75) is 38.6 Å². The number of unbranched alkanes of at least 4 members (excludes halogenated alkanes) is 3. The van der Waals surface area contributed by atoms with Gasteiger partial charge in [-0.25, -0.2) is 8.78 Å². The van der Waals surface area contributed by atoms with Gasteiger partial charge < -0.3 is 4.57 Å². The molecule has 1 aliphatic rings. The van der Waals surface area contributed by atoms with E-state index >= 15 is 0 Å². The normalized spacial score (nSPS) is 14.2. The Morgan fingerprint density at radius 2 is 1.75 bits per heavy atom. The first-order chi connectivity index (χ1) is 13.7. The zero-order valence-electron chi connectivity index (χ0n) is 15.8. The quantitative estimate of drug-likeness (QED) is 0.541. The topological polar surface area (TPSA) is 32.0 Å². The second-order valence-electron chi connectivity index (χ2n) is 7.39. The van der Waals surface area contributed by atoms with E-state index in [9.17, 15) is 8.78 Å². The van der Waals surface area contributed by atoms with Crippen molar-refractivity contribution in [3.63, 3.8) is 0 Å². The Bertz CT molecular complexity index is 1010. The van der Waals surface area contributed by atoms with Crippen molar-refractivity contribution >= 4 is 10.9 Å². The number of hydrogen-bond acceptors (Lipinski definition) is 2. The standard InChI is InChI=1S/C23H23F2N3/c24-17-5-8-19(9-6-17)28-22-10-7-18(25)15-20(22)21-16-27(14-11-23(21)28)13-4-2-1-3-12-26/h5-10,15H,1-4,11,13-14,16H2. The first kappa shape index (κ1) is 18.6. The Hall–Kier alpha value is -2.71. The molecule has 28 heavy (non-hydrogen) atoms. The minimum atomic E-state index is -0.261. The van der Waals surface area contributed by atoms with Crippen LogP contribution < -0.4 is 0 Å². The molecule has 0 saturated heterocycles. The van der Waals surface area contributed by atoms with Crippen LogP contribution in [-0.4, -0.2) is 22.6 Å². The lowest BCUT2D eigenvalue weighted by molar-refractivity contribution is 0.247. The SMILES string of the molecule is N#CCCCCCN1CCc2c(c3cc(F)ccc3n2-c2ccc(F)cc2)C1. The van der Waals surface area contributed by atoms with E-state index < -0.39 is 0 Å². The molecule has 3 nitrogen and oxygen atoms in total. The van der Waals surface area contributed by atoms with Gasteiger partial charge in [0.25, 0.3) is 0 Å². The molecule has 0 radical (unpaired) electrons. The van der Waals surface area contributed by atoms with Crippen LogP contribution in [0.3, 0.4) is 0 Å². The summed E-state index contributed by atoms with van der Waals surface area (Å²) in [6, 6.07) is 13.6. The maximum absolute atomic E-state index is 14.0. The number of halogens is 2. The zero-order valence-corrected chi connectivity index (χ0v) is 15.8. The number of nitriles is 1. The summed E-state index contributed by atoms with van der Waals surface area (Å²) in [5, 5.41) is 9.58. The van der Waals surface area contributed by atoms with Gasteiger partial charge in [0.1, 0.15) is 11.6 Å². The molecule has 0 amide bonds. The van der Waals surface area contributed by atoms with E-state index in [1.54, 1.807) is 18.2 Å². The summed E-state index contributed by atoms with van der Waals surface area (Å²) >= 11 is 0. The second-order valence-corrected chi connectivity index (χ2v) is 7.39. The van der Waals surface area contributed by atoms with E-state index in [1.807, 2.05) is 6.07 Å². The highest BCUT2D eigenvalue weighted by Crippen LogP contribution is 2.34. The molecule has 5 heteroatoms.